The third-order valence-corrected chi connectivity index (χ3v) is 1.77. The Hall–Kier alpha value is -0.120. The predicted octanol–water partition coefficient (Wildman–Crippen LogP) is 0.772. The average Bonchev–Trinajstić information content (AvgIpc) is 2.03. The molecule has 3 nitrogen and oxygen atoms in total. The van der Waals surface area contributed by atoms with Crippen molar-refractivity contribution in [1.29, 1.82) is 0 Å². The van der Waals surface area contributed by atoms with Gasteiger partial charge in [-0.15, -0.1) is 0 Å². The summed E-state index contributed by atoms with van der Waals surface area (Å²) in [5.74, 6) is 0. The standard InChI is InChI=1S/C9H21NO2/c1-4-5-10-6-7-12-9(3)8(2)11/h8-11H,4-7H2,1-3H3. The van der Waals surface area contributed by atoms with E-state index in [0.717, 1.165) is 19.5 Å². The van der Waals surface area contributed by atoms with E-state index in [1.54, 1.807) is 6.92 Å². The van der Waals surface area contributed by atoms with Gasteiger partial charge in [-0.3, -0.25) is 0 Å². The molecule has 0 radical (unpaired) electrons. The quantitative estimate of drug-likeness (QED) is 0.562. The Morgan fingerprint density at radius 3 is 2.50 bits per heavy atom. The minimum Gasteiger partial charge on any atom is -0.391 e. The zero-order valence-corrected chi connectivity index (χ0v) is 8.34. The fourth-order valence-electron chi connectivity index (χ4n) is 0.758. The van der Waals surface area contributed by atoms with Gasteiger partial charge in [0.15, 0.2) is 0 Å². The number of rotatable bonds is 7. The fourth-order valence-corrected chi connectivity index (χ4v) is 0.758. The molecule has 3 heteroatoms. The number of hydrogen-bond acceptors (Lipinski definition) is 3. The topological polar surface area (TPSA) is 41.5 Å². The Morgan fingerprint density at radius 2 is 2.00 bits per heavy atom. The maximum atomic E-state index is 9.08. The monoisotopic (exact) mass is 175 g/mol. The van der Waals surface area contributed by atoms with Gasteiger partial charge in [0.2, 0.25) is 0 Å². The number of aliphatic hydroxyl groups excluding tert-OH is 1. The van der Waals surface area contributed by atoms with Crippen LogP contribution in [0.5, 0.6) is 0 Å². The van der Waals surface area contributed by atoms with Crippen LogP contribution in [0.3, 0.4) is 0 Å². The van der Waals surface area contributed by atoms with Crippen molar-refractivity contribution in [3.63, 3.8) is 0 Å². The maximum absolute atomic E-state index is 9.08. The molecule has 0 saturated heterocycles. The van der Waals surface area contributed by atoms with Crippen molar-refractivity contribution in [2.45, 2.75) is 39.4 Å². The maximum Gasteiger partial charge on any atom is 0.0803 e. The van der Waals surface area contributed by atoms with E-state index in [9.17, 15) is 0 Å². The van der Waals surface area contributed by atoms with Gasteiger partial charge in [-0.1, -0.05) is 6.92 Å². The largest absolute Gasteiger partial charge is 0.391 e. The molecular formula is C9H21NO2. The van der Waals surface area contributed by atoms with E-state index in [0.29, 0.717) is 6.61 Å². The zero-order valence-electron chi connectivity index (χ0n) is 8.34. The van der Waals surface area contributed by atoms with E-state index in [4.69, 9.17) is 9.84 Å². The van der Waals surface area contributed by atoms with Crippen LogP contribution >= 0.6 is 0 Å². The van der Waals surface area contributed by atoms with Crippen molar-refractivity contribution in [3.05, 3.63) is 0 Å². The lowest BCUT2D eigenvalue weighted by molar-refractivity contribution is -0.0165. The van der Waals surface area contributed by atoms with Crippen LogP contribution in [0.4, 0.5) is 0 Å². The fraction of sp³-hybridized carbons (Fsp3) is 1.00. The van der Waals surface area contributed by atoms with Crippen LogP contribution in [0.25, 0.3) is 0 Å². The predicted molar refractivity (Wildman–Crippen MR) is 50.3 cm³/mol. The zero-order chi connectivity index (χ0) is 9.40. The second-order valence-corrected chi connectivity index (χ2v) is 3.07. The number of hydrogen-bond donors (Lipinski definition) is 2. The SMILES string of the molecule is CCCNCCOC(C)C(C)O. The van der Waals surface area contributed by atoms with Gasteiger partial charge in [-0.2, -0.15) is 0 Å². The Bertz CT molecular complexity index is 96.5. The first-order valence-corrected chi connectivity index (χ1v) is 4.68. The van der Waals surface area contributed by atoms with Crippen molar-refractivity contribution in [3.8, 4) is 0 Å². The summed E-state index contributed by atoms with van der Waals surface area (Å²) >= 11 is 0. The van der Waals surface area contributed by atoms with E-state index in [1.165, 1.54) is 0 Å². The summed E-state index contributed by atoms with van der Waals surface area (Å²) in [4.78, 5) is 0. The van der Waals surface area contributed by atoms with E-state index in [2.05, 4.69) is 12.2 Å². The van der Waals surface area contributed by atoms with Crippen LogP contribution in [0, 0.1) is 0 Å². The molecule has 0 heterocycles. The molecule has 2 atom stereocenters. The molecule has 12 heavy (non-hydrogen) atoms. The molecule has 0 rings (SSSR count). The van der Waals surface area contributed by atoms with Crippen LogP contribution in [0.2, 0.25) is 0 Å². The van der Waals surface area contributed by atoms with Gasteiger partial charge in [0.1, 0.15) is 0 Å². The molecule has 2 unspecified atom stereocenters. The van der Waals surface area contributed by atoms with Crippen LogP contribution < -0.4 is 5.32 Å². The molecule has 0 bridgehead atoms. The smallest absolute Gasteiger partial charge is 0.0803 e. The molecule has 0 aromatic rings. The minimum absolute atomic E-state index is 0.0616. The van der Waals surface area contributed by atoms with Gasteiger partial charge < -0.3 is 15.2 Å². The van der Waals surface area contributed by atoms with Gasteiger partial charge in [0.05, 0.1) is 18.8 Å². The molecular weight excluding hydrogens is 154 g/mol. The highest BCUT2D eigenvalue weighted by atomic mass is 16.5. The molecule has 0 aliphatic rings. The molecule has 0 aliphatic carbocycles. The summed E-state index contributed by atoms with van der Waals surface area (Å²) in [7, 11) is 0. The van der Waals surface area contributed by atoms with E-state index in [1.807, 2.05) is 6.92 Å². The molecule has 0 aromatic carbocycles. The van der Waals surface area contributed by atoms with Crippen molar-refractivity contribution in [1.82, 2.24) is 5.32 Å². The molecule has 0 fully saturated rings. The second-order valence-electron chi connectivity index (χ2n) is 3.07. The second kappa shape index (κ2) is 7.53. The third-order valence-electron chi connectivity index (χ3n) is 1.77. The molecule has 74 valence electrons. The number of ether oxygens (including phenoxy) is 1. The molecule has 2 N–H and O–H groups in total. The highest BCUT2D eigenvalue weighted by molar-refractivity contribution is 4.57. The normalized spacial score (nSPS) is 16.0. The molecule has 0 aliphatic heterocycles. The third kappa shape index (κ3) is 6.58. The van der Waals surface area contributed by atoms with Crippen LogP contribution in [-0.4, -0.2) is 37.0 Å². The summed E-state index contributed by atoms with van der Waals surface area (Å²) in [5.41, 5.74) is 0. The van der Waals surface area contributed by atoms with Crippen LogP contribution in [0.1, 0.15) is 27.2 Å². The highest BCUT2D eigenvalue weighted by Gasteiger charge is 2.07. The summed E-state index contributed by atoms with van der Waals surface area (Å²) in [6, 6.07) is 0. The number of nitrogens with one attached hydrogen (secondary N) is 1. The lowest BCUT2D eigenvalue weighted by Crippen LogP contribution is -2.27. The lowest BCUT2D eigenvalue weighted by atomic mass is 10.3. The van der Waals surface area contributed by atoms with Gasteiger partial charge >= 0.3 is 0 Å². The van der Waals surface area contributed by atoms with Crippen molar-refractivity contribution in [2.75, 3.05) is 19.7 Å². The van der Waals surface area contributed by atoms with Crippen molar-refractivity contribution < 1.29 is 9.84 Å². The van der Waals surface area contributed by atoms with Crippen LogP contribution in [-0.2, 0) is 4.74 Å². The molecule has 0 aromatic heterocycles. The van der Waals surface area contributed by atoms with E-state index in [-0.39, 0.29) is 12.2 Å². The van der Waals surface area contributed by atoms with E-state index >= 15 is 0 Å². The Labute approximate surface area is 75.1 Å². The number of aliphatic hydroxyl groups is 1. The Morgan fingerprint density at radius 1 is 1.33 bits per heavy atom. The average molecular weight is 175 g/mol. The highest BCUT2D eigenvalue weighted by Crippen LogP contribution is 1.95. The first-order chi connectivity index (χ1) is 5.68. The van der Waals surface area contributed by atoms with Gasteiger partial charge in [-0.25, -0.2) is 0 Å². The first kappa shape index (κ1) is 11.9. The molecule has 0 spiro atoms. The van der Waals surface area contributed by atoms with Gasteiger partial charge in [0, 0.05) is 6.54 Å². The Kier molecular flexibility index (Phi) is 7.45. The Balaban J connectivity index is 3.08. The van der Waals surface area contributed by atoms with Gasteiger partial charge in [0.25, 0.3) is 0 Å². The minimum atomic E-state index is -0.379. The van der Waals surface area contributed by atoms with Crippen LogP contribution in [0.15, 0.2) is 0 Å². The summed E-state index contributed by atoms with van der Waals surface area (Å²) in [6.07, 6.45) is 0.705. The summed E-state index contributed by atoms with van der Waals surface area (Å²) in [5, 5.41) is 12.3. The summed E-state index contributed by atoms with van der Waals surface area (Å²) < 4.78 is 5.34. The van der Waals surface area contributed by atoms with Crippen molar-refractivity contribution in [2.24, 2.45) is 0 Å². The lowest BCUT2D eigenvalue weighted by Gasteiger charge is -2.15. The van der Waals surface area contributed by atoms with Crippen molar-refractivity contribution >= 4 is 0 Å². The summed E-state index contributed by atoms with van der Waals surface area (Å²) in [6.45, 7) is 8.32. The molecule has 0 saturated carbocycles. The molecule has 0 amide bonds. The first-order valence-electron chi connectivity index (χ1n) is 4.68. The van der Waals surface area contributed by atoms with Gasteiger partial charge in [-0.05, 0) is 26.8 Å². The van der Waals surface area contributed by atoms with E-state index < -0.39 is 0 Å².